The number of pyridine rings is 2. The zero-order chi connectivity index (χ0) is 21.7. The number of halogens is 2. The van der Waals surface area contributed by atoms with E-state index in [1.807, 2.05) is 39.8 Å². The molecule has 0 aliphatic carbocycles. The number of rotatable bonds is 3. The molecule has 4 rings (SSSR count). The van der Waals surface area contributed by atoms with Crippen molar-refractivity contribution in [2.75, 3.05) is 0 Å². The van der Waals surface area contributed by atoms with E-state index in [9.17, 15) is 8.78 Å². The van der Waals surface area contributed by atoms with Crippen molar-refractivity contribution in [3.63, 3.8) is 0 Å². The van der Waals surface area contributed by atoms with Crippen molar-refractivity contribution < 1.29 is 8.78 Å². The van der Waals surface area contributed by atoms with Crippen molar-refractivity contribution in [2.24, 2.45) is 0 Å². The molecule has 0 amide bonds. The Morgan fingerprint density at radius 1 is 0.600 bits per heavy atom. The van der Waals surface area contributed by atoms with Gasteiger partial charge in [-0.2, -0.15) is 0 Å². The first-order valence-corrected chi connectivity index (χ1v) is 11.8. The maximum atomic E-state index is 15.0. The van der Waals surface area contributed by atoms with Crippen LogP contribution in [-0.4, -0.2) is 9.97 Å². The SMILES string of the molecule is Cc1c(C)c(F)c2c(C)ccnc2c1SSc1c(C)c(C)c(F)c2c(C)ccnc12. The van der Waals surface area contributed by atoms with Crippen molar-refractivity contribution >= 4 is 43.4 Å². The molecule has 0 N–H and O–H groups in total. The Kier molecular flexibility index (Phi) is 5.49. The summed E-state index contributed by atoms with van der Waals surface area (Å²) in [6.45, 7) is 11.3. The first kappa shape index (κ1) is 21.1. The lowest BCUT2D eigenvalue weighted by Gasteiger charge is -2.17. The van der Waals surface area contributed by atoms with E-state index >= 15 is 0 Å². The van der Waals surface area contributed by atoms with E-state index < -0.39 is 0 Å². The van der Waals surface area contributed by atoms with Gasteiger partial charge in [0.15, 0.2) is 0 Å². The van der Waals surface area contributed by atoms with Crippen molar-refractivity contribution in [1.82, 2.24) is 9.97 Å². The summed E-state index contributed by atoms with van der Waals surface area (Å²) in [5.41, 5.74) is 6.07. The molecule has 2 nitrogen and oxygen atoms in total. The van der Waals surface area contributed by atoms with Gasteiger partial charge in [-0.05, 0) is 109 Å². The van der Waals surface area contributed by atoms with Crippen LogP contribution in [0, 0.1) is 53.2 Å². The lowest BCUT2D eigenvalue weighted by molar-refractivity contribution is 0.626. The van der Waals surface area contributed by atoms with E-state index in [0.29, 0.717) is 32.9 Å². The molecule has 0 spiro atoms. The number of hydrogen-bond donors (Lipinski definition) is 0. The van der Waals surface area contributed by atoms with E-state index in [2.05, 4.69) is 9.97 Å². The molecule has 2 aromatic carbocycles. The van der Waals surface area contributed by atoms with Crippen molar-refractivity contribution in [3.05, 3.63) is 69.5 Å². The summed E-state index contributed by atoms with van der Waals surface area (Å²) in [7, 11) is 3.07. The van der Waals surface area contributed by atoms with Gasteiger partial charge in [-0.15, -0.1) is 0 Å². The highest BCUT2D eigenvalue weighted by Gasteiger charge is 2.21. The van der Waals surface area contributed by atoms with Crippen LogP contribution in [0.4, 0.5) is 8.78 Å². The fraction of sp³-hybridized carbons (Fsp3) is 0.250. The first-order chi connectivity index (χ1) is 14.2. The molecule has 0 saturated heterocycles. The Bertz CT molecular complexity index is 1230. The summed E-state index contributed by atoms with van der Waals surface area (Å²) < 4.78 is 29.9. The van der Waals surface area contributed by atoms with Crippen molar-refractivity contribution in [2.45, 2.75) is 51.3 Å². The van der Waals surface area contributed by atoms with Gasteiger partial charge in [0.1, 0.15) is 11.6 Å². The summed E-state index contributed by atoms with van der Waals surface area (Å²) in [5, 5.41) is 1.13. The van der Waals surface area contributed by atoms with E-state index in [0.717, 1.165) is 32.0 Å². The average Bonchev–Trinajstić information content (AvgIpc) is 2.72. The van der Waals surface area contributed by atoms with E-state index in [1.165, 1.54) is 21.6 Å². The molecule has 0 radical (unpaired) electrons. The molecule has 0 atom stereocenters. The highest BCUT2D eigenvalue weighted by molar-refractivity contribution is 8.76. The topological polar surface area (TPSA) is 25.8 Å². The summed E-state index contributed by atoms with van der Waals surface area (Å²) in [5.74, 6) is -0.419. The second kappa shape index (κ2) is 7.82. The number of aromatic nitrogens is 2. The molecule has 6 heteroatoms. The van der Waals surface area contributed by atoms with Gasteiger partial charge in [-0.1, -0.05) is 0 Å². The molecule has 0 unspecified atom stereocenters. The van der Waals surface area contributed by atoms with Gasteiger partial charge in [0.25, 0.3) is 0 Å². The van der Waals surface area contributed by atoms with Gasteiger partial charge in [0.2, 0.25) is 0 Å². The maximum Gasteiger partial charge on any atom is 0.136 e. The van der Waals surface area contributed by atoms with Crippen LogP contribution in [0.1, 0.15) is 33.4 Å². The standard InChI is InChI=1S/C24H22F2N2S2/c1-11-7-9-27-21-17(11)19(25)13(3)15(5)23(21)29-30-24-16(6)14(4)20(26)18-12(2)8-10-28-22(18)24/h7-10H,1-6H3. The summed E-state index contributed by atoms with van der Waals surface area (Å²) in [4.78, 5) is 10.9. The van der Waals surface area contributed by atoms with Crippen LogP contribution in [0.2, 0.25) is 0 Å². The van der Waals surface area contributed by atoms with Crippen LogP contribution in [0.25, 0.3) is 21.8 Å². The largest absolute Gasteiger partial charge is 0.255 e. The van der Waals surface area contributed by atoms with Gasteiger partial charge in [0.05, 0.1) is 11.0 Å². The molecule has 0 saturated carbocycles. The Morgan fingerprint density at radius 3 is 1.33 bits per heavy atom. The van der Waals surface area contributed by atoms with Crippen LogP contribution in [-0.2, 0) is 0 Å². The molecule has 4 aromatic rings. The quantitative estimate of drug-likeness (QED) is 0.305. The zero-order valence-corrected chi connectivity index (χ0v) is 19.4. The third-order valence-corrected chi connectivity index (χ3v) is 8.53. The van der Waals surface area contributed by atoms with Gasteiger partial charge >= 0.3 is 0 Å². The molecule has 0 bridgehead atoms. The molecule has 2 heterocycles. The fourth-order valence-electron chi connectivity index (χ4n) is 3.70. The van der Waals surface area contributed by atoms with E-state index in [4.69, 9.17) is 0 Å². The molecule has 154 valence electrons. The average molecular weight is 441 g/mol. The first-order valence-electron chi connectivity index (χ1n) is 9.66. The Hall–Kier alpha value is -2.18. The van der Waals surface area contributed by atoms with Crippen LogP contribution in [0.15, 0.2) is 34.3 Å². The van der Waals surface area contributed by atoms with Gasteiger partial charge < -0.3 is 0 Å². The van der Waals surface area contributed by atoms with Gasteiger partial charge in [0, 0.05) is 33.0 Å². The number of hydrogen-bond acceptors (Lipinski definition) is 4. The van der Waals surface area contributed by atoms with Crippen LogP contribution < -0.4 is 0 Å². The molecule has 0 fully saturated rings. The molecule has 0 aliphatic rings. The van der Waals surface area contributed by atoms with Crippen LogP contribution >= 0.6 is 21.6 Å². The van der Waals surface area contributed by atoms with Crippen LogP contribution in [0.5, 0.6) is 0 Å². The number of benzene rings is 2. The Balaban J connectivity index is 1.90. The Labute approximate surface area is 182 Å². The van der Waals surface area contributed by atoms with Crippen molar-refractivity contribution in [1.29, 1.82) is 0 Å². The lowest BCUT2D eigenvalue weighted by Crippen LogP contribution is -1.98. The minimum atomic E-state index is -0.209. The molecular formula is C24H22F2N2S2. The highest BCUT2D eigenvalue weighted by Crippen LogP contribution is 2.47. The summed E-state index contributed by atoms with van der Waals surface area (Å²) >= 11 is 0. The fourth-order valence-corrected chi connectivity index (χ4v) is 6.62. The molecular weight excluding hydrogens is 418 g/mol. The predicted molar refractivity (Wildman–Crippen MR) is 124 cm³/mol. The molecule has 2 aromatic heterocycles. The van der Waals surface area contributed by atoms with Crippen molar-refractivity contribution in [3.8, 4) is 0 Å². The number of nitrogens with zero attached hydrogens (tertiary/aromatic N) is 2. The number of fused-ring (bicyclic) bond motifs is 2. The molecule has 30 heavy (non-hydrogen) atoms. The minimum Gasteiger partial charge on any atom is -0.255 e. The zero-order valence-electron chi connectivity index (χ0n) is 17.8. The third-order valence-electron chi connectivity index (χ3n) is 5.86. The van der Waals surface area contributed by atoms with E-state index in [1.54, 1.807) is 26.2 Å². The Morgan fingerprint density at radius 2 is 0.967 bits per heavy atom. The maximum absolute atomic E-state index is 15.0. The molecule has 0 aliphatic heterocycles. The van der Waals surface area contributed by atoms with Gasteiger partial charge in [-0.3, -0.25) is 9.97 Å². The predicted octanol–water partition coefficient (Wildman–Crippen LogP) is 7.71. The summed E-state index contributed by atoms with van der Waals surface area (Å²) in [6.07, 6.45) is 3.43. The van der Waals surface area contributed by atoms with Gasteiger partial charge in [-0.25, -0.2) is 8.78 Å². The second-order valence-electron chi connectivity index (χ2n) is 7.66. The van der Waals surface area contributed by atoms with Crippen LogP contribution in [0.3, 0.4) is 0 Å². The monoisotopic (exact) mass is 440 g/mol. The third kappa shape index (κ3) is 3.17. The smallest absolute Gasteiger partial charge is 0.136 e. The normalized spacial score (nSPS) is 11.6. The second-order valence-corrected chi connectivity index (χ2v) is 9.81. The van der Waals surface area contributed by atoms with E-state index in [-0.39, 0.29) is 11.6 Å². The lowest BCUT2D eigenvalue weighted by atomic mass is 10.0. The highest BCUT2D eigenvalue weighted by atomic mass is 33.1. The summed E-state index contributed by atoms with van der Waals surface area (Å²) in [6, 6.07) is 3.66. The number of aryl methyl sites for hydroxylation is 2. The minimum absolute atomic E-state index is 0.209.